The average Bonchev–Trinajstić information content (AvgIpc) is 2.46. The normalized spacial score (nSPS) is 12.3. The summed E-state index contributed by atoms with van der Waals surface area (Å²) in [4.78, 5) is 2.89. The Morgan fingerprint density at radius 2 is 1.93 bits per heavy atom. The molecule has 2 aromatic rings. The maximum absolute atomic E-state index is 13.3. The molecular formula is C12H14FN. The van der Waals surface area contributed by atoms with Crippen LogP contribution >= 0.6 is 0 Å². The molecule has 0 aliphatic rings. The zero-order valence-electron chi connectivity index (χ0n) is 8.69. The molecule has 0 bridgehead atoms. The molecule has 1 aromatic heterocycles. The van der Waals surface area contributed by atoms with Crippen molar-refractivity contribution in [1.29, 1.82) is 0 Å². The van der Waals surface area contributed by atoms with Crippen LogP contribution in [0.15, 0.2) is 24.4 Å². The summed E-state index contributed by atoms with van der Waals surface area (Å²) in [6.45, 7) is 6.37. The first-order valence-electron chi connectivity index (χ1n) is 4.75. The van der Waals surface area contributed by atoms with Crippen LogP contribution in [0.3, 0.4) is 0 Å². The second-order valence-electron chi connectivity index (χ2n) is 4.65. The summed E-state index contributed by atoms with van der Waals surface area (Å²) in [5.74, 6) is -0.175. The molecule has 2 rings (SSSR count). The quantitative estimate of drug-likeness (QED) is 0.654. The van der Waals surface area contributed by atoms with E-state index in [-0.39, 0.29) is 11.2 Å². The van der Waals surface area contributed by atoms with E-state index in [4.69, 9.17) is 0 Å². The molecule has 0 spiro atoms. The van der Waals surface area contributed by atoms with Crippen molar-refractivity contribution < 1.29 is 4.39 Å². The molecule has 0 amide bonds. The van der Waals surface area contributed by atoms with Gasteiger partial charge in [0.2, 0.25) is 0 Å². The van der Waals surface area contributed by atoms with Crippen molar-refractivity contribution in [3.05, 3.63) is 35.8 Å². The average molecular weight is 191 g/mol. The minimum Gasteiger partial charge on any atom is -0.359 e. The Bertz CT molecular complexity index is 463. The topological polar surface area (TPSA) is 15.8 Å². The van der Waals surface area contributed by atoms with Gasteiger partial charge < -0.3 is 4.98 Å². The Balaban J connectivity index is 2.66. The third-order valence-electron chi connectivity index (χ3n) is 2.50. The molecule has 0 aliphatic heterocycles. The smallest absolute Gasteiger partial charge is 0.148 e. The summed E-state index contributed by atoms with van der Waals surface area (Å²) in [7, 11) is 0. The van der Waals surface area contributed by atoms with Crippen molar-refractivity contribution in [2.24, 2.45) is 0 Å². The van der Waals surface area contributed by atoms with Crippen LogP contribution in [0.1, 0.15) is 26.3 Å². The molecule has 14 heavy (non-hydrogen) atoms. The van der Waals surface area contributed by atoms with Crippen molar-refractivity contribution in [1.82, 2.24) is 4.98 Å². The number of H-pyrrole nitrogens is 1. The first-order valence-corrected chi connectivity index (χ1v) is 4.75. The number of nitrogens with one attached hydrogen (secondary N) is 1. The van der Waals surface area contributed by atoms with E-state index in [9.17, 15) is 4.39 Å². The first kappa shape index (κ1) is 9.25. The van der Waals surface area contributed by atoms with E-state index in [1.165, 1.54) is 6.20 Å². The molecule has 2 heteroatoms. The first-order chi connectivity index (χ1) is 6.48. The van der Waals surface area contributed by atoms with Gasteiger partial charge in [0.25, 0.3) is 0 Å². The summed E-state index contributed by atoms with van der Waals surface area (Å²) < 4.78 is 13.3. The summed E-state index contributed by atoms with van der Waals surface area (Å²) in [5.41, 5.74) is 2.08. The van der Waals surface area contributed by atoms with Gasteiger partial charge in [-0.1, -0.05) is 26.8 Å². The summed E-state index contributed by atoms with van der Waals surface area (Å²) >= 11 is 0. The molecule has 0 saturated heterocycles. The van der Waals surface area contributed by atoms with Crippen LogP contribution in [0.2, 0.25) is 0 Å². The zero-order valence-corrected chi connectivity index (χ0v) is 8.69. The molecule has 0 atom stereocenters. The van der Waals surface area contributed by atoms with E-state index >= 15 is 0 Å². The molecule has 1 N–H and O–H groups in total. The number of aromatic nitrogens is 1. The van der Waals surface area contributed by atoms with Crippen molar-refractivity contribution in [3.63, 3.8) is 0 Å². The van der Waals surface area contributed by atoms with Gasteiger partial charge in [-0.3, -0.25) is 0 Å². The van der Waals surface area contributed by atoms with E-state index < -0.39 is 0 Å². The van der Waals surface area contributed by atoms with E-state index in [2.05, 4.69) is 25.8 Å². The monoisotopic (exact) mass is 191 g/mol. The lowest BCUT2D eigenvalue weighted by atomic mass is 9.86. The number of hydrogen-bond donors (Lipinski definition) is 1. The zero-order chi connectivity index (χ0) is 10.3. The molecule has 74 valence electrons. The molecule has 0 radical (unpaired) electrons. The maximum atomic E-state index is 13.3. The Morgan fingerprint density at radius 3 is 2.57 bits per heavy atom. The molecular weight excluding hydrogens is 177 g/mol. The lowest BCUT2D eigenvalue weighted by molar-refractivity contribution is 0.590. The summed E-state index contributed by atoms with van der Waals surface area (Å²) in [6.07, 6.45) is 1.40. The second kappa shape index (κ2) is 2.84. The minimum absolute atomic E-state index is 0.0674. The van der Waals surface area contributed by atoms with Crippen molar-refractivity contribution in [2.75, 3.05) is 0 Å². The van der Waals surface area contributed by atoms with Crippen molar-refractivity contribution >= 4 is 10.9 Å². The molecule has 0 aliphatic carbocycles. The van der Waals surface area contributed by atoms with E-state index in [1.54, 1.807) is 0 Å². The minimum atomic E-state index is -0.175. The highest BCUT2D eigenvalue weighted by atomic mass is 19.1. The standard InChI is InChI=1S/C12H14FN/c1-12(2,3)8-4-5-11-9(6-8)10(13)7-14-11/h4-7,14H,1-3H3. The van der Waals surface area contributed by atoms with E-state index in [0.717, 1.165) is 11.1 Å². The Morgan fingerprint density at radius 1 is 1.21 bits per heavy atom. The van der Waals surface area contributed by atoms with Crippen LogP contribution in [0.4, 0.5) is 4.39 Å². The van der Waals surface area contributed by atoms with Crippen LogP contribution in [-0.4, -0.2) is 4.98 Å². The lowest BCUT2D eigenvalue weighted by Crippen LogP contribution is -2.10. The predicted octanol–water partition coefficient (Wildman–Crippen LogP) is 3.60. The largest absolute Gasteiger partial charge is 0.359 e. The fourth-order valence-corrected chi connectivity index (χ4v) is 1.55. The molecule has 1 aromatic carbocycles. The third kappa shape index (κ3) is 1.41. The van der Waals surface area contributed by atoms with Crippen molar-refractivity contribution in [2.45, 2.75) is 26.2 Å². The molecule has 1 heterocycles. The van der Waals surface area contributed by atoms with Crippen LogP contribution in [0.5, 0.6) is 0 Å². The highest BCUT2D eigenvalue weighted by Crippen LogP contribution is 2.26. The van der Waals surface area contributed by atoms with Gasteiger partial charge in [-0.05, 0) is 23.1 Å². The van der Waals surface area contributed by atoms with Gasteiger partial charge in [0.15, 0.2) is 0 Å². The van der Waals surface area contributed by atoms with Crippen LogP contribution in [0.25, 0.3) is 10.9 Å². The van der Waals surface area contributed by atoms with Gasteiger partial charge in [0.05, 0.1) is 0 Å². The van der Waals surface area contributed by atoms with E-state index in [1.807, 2.05) is 18.2 Å². The number of fused-ring (bicyclic) bond motifs is 1. The molecule has 0 saturated carbocycles. The van der Waals surface area contributed by atoms with Crippen molar-refractivity contribution in [3.8, 4) is 0 Å². The Hall–Kier alpha value is -1.31. The SMILES string of the molecule is CC(C)(C)c1ccc2[nH]cc(F)c2c1. The van der Waals surface area contributed by atoms with E-state index in [0.29, 0.717) is 5.39 Å². The highest BCUT2D eigenvalue weighted by Gasteiger charge is 2.14. The van der Waals surface area contributed by atoms with Gasteiger partial charge in [0.1, 0.15) is 5.82 Å². The van der Waals surface area contributed by atoms with Crippen LogP contribution < -0.4 is 0 Å². The molecule has 1 nitrogen and oxygen atoms in total. The van der Waals surface area contributed by atoms with Gasteiger partial charge in [-0.2, -0.15) is 0 Å². The number of rotatable bonds is 0. The number of aromatic amines is 1. The molecule has 0 unspecified atom stereocenters. The number of halogens is 1. The summed E-state index contributed by atoms with van der Waals surface area (Å²) in [6, 6.07) is 5.89. The Kier molecular flexibility index (Phi) is 1.88. The fraction of sp³-hybridized carbons (Fsp3) is 0.333. The van der Waals surface area contributed by atoms with Gasteiger partial charge in [-0.25, -0.2) is 4.39 Å². The maximum Gasteiger partial charge on any atom is 0.148 e. The Labute approximate surface area is 82.9 Å². The van der Waals surface area contributed by atoms with Crippen LogP contribution in [-0.2, 0) is 5.41 Å². The van der Waals surface area contributed by atoms with Gasteiger partial charge in [-0.15, -0.1) is 0 Å². The second-order valence-corrected chi connectivity index (χ2v) is 4.65. The number of hydrogen-bond acceptors (Lipinski definition) is 0. The lowest BCUT2D eigenvalue weighted by Gasteiger charge is -2.18. The summed E-state index contributed by atoms with van der Waals surface area (Å²) in [5, 5.41) is 0.678. The number of benzene rings is 1. The third-order valence-corrected chi connectivity index (χ3v) is 2.50. The molecule has 0 fully saturated rings. The predicted molar refractivity (Wildman–Crippen MR) is 57.0 cm³/mol. The fourth-order valence-electron chi connectivity index (χ4n) is 1.55. The van der Waals surface area contributed by atoms with Crippen LogP contribution in [0, 0.1) is 5.82 Å². The van der Waals surface area contributed by atoms with Gasteiger partial charge in [0, 0.05) is 17.1 Å². The van der Waals surface area contributed by atoms with Gasteiger partial charge >= 0.3 is 0 Å². The highest BCUT2D eigenvalue weighted by molar-refractivity contribution is 5.81.